The second kappa shape index (κ2) is 3.55. The van der Waals surface area contributed by atoms with E-state index in [1.165, 1.54) is 0 Å². The number of aromatic carboxylic acids is 1. The molecule has 0 amide bonds. The van der Waals surface area contributed by atoms with Crippen LogP contribution in [0.4, 0.5) is 8.78 Å². The first-order valence-corrected chi connectivity index (χ1v) is 5.03. The van der Waals surface area contributed by atoms with Gasteiger partial charge in [-0.25, -0.2) is 27.1 Å². The van der Waals surface area contributed by atoms with E-state index >= 15 is 0 Å². The number of halogens is 2. The lowest BCUT2D eigenvalue weighted by Crippen LogP contribution is -2.15. The van der Waals surface area contributed by atoms with Crippen LogP contribution in [-0.2, 0) is 10.0 Å². The van der Waals surface area contributed by atoms with Crippen LogP contribution < -0.4 is 5.14 Å². The lowest BCUT2D eigenvalue weighted by molar-refractivity contribution is 0.0691. The van der Waals surface area contributed by atoms with Crippen molar-refractivity contribution in [1.82, 2.24) is 0 Å². The van der Waals surface area contributed by atoms with Gasteiger partial charge in [0.15, 0.2) is 0 Å². The van der Waals surface area contributed by atoms with Gasteiger partial charge in [0.2, 0.25) is 10.0 Å². The molecule has 15 heavy (non-hydrogen) atoms. The van der Waals surface area contributed by atoms with Gasteiger partial charge in [0, 0.05) is 0 Å². The predicted molar refractivity (Wildman–Crippen MR) is 44.7 cm³/mol. The highest BCUT2D eigenvalue weighted by atomic mass is 32.2. The van der Waals surface area contributed by atoms with Crippen LogP contribution in [0.15, 0.2) is 17.0 Å². The molecule has 3 N–H and O–H groups in total. The molecule has 0 spiro atoms. The van der Waals surface area contributed by atoms with Crippen LogP contribution in [-0.4, -0.2) is 19.5 Å². The average molecular weight is 237 g/mol. The fourth-order valence-electron chi connectivity index (χ4n) is 0.911. The normalized spacial score (nSPS) is 11.4. The van der Waals surface area contributed by atoms with E-state index in [9.17, 15) is 22.0 Å². The first-order valence-electron chi connectivity index (χ1n) is 3.48. The maximum absolute atomic E-state index is 13.0. The zero-order chi connectivity index (χ0) is 11.8. The van der Waals surface area contributed by atoms with E-state index in [0.717, 1.165) is 0 Å². The van der Waals surface area contributed by atoms with E-state index in [1.807, 2.05) is 0 Å². The Labute approximate surface area is 83.2 Å². The molecule has 0 atom stereocenters. The van der Waals surface area contributed by atoms with Crippen LogP contribution in [0.1, 0.15) is 10.4 Å². The number of hydrogen-bond donors (Lipinski definition) is 2. The zero-order valence-corrected chi connectivity index (χ0v) is 7.88. The molecule has 0 aliphatic heterocycles. The summed E-state index contributed by atoms with van der Waals surface area (Å²) < 4.78 is 47.4. The number of carboxylic acid groups (broad SMARTS) is 1. The molecule has 0 unspecified atom stereocenters. The zero-order valence-electron chi connectivity index (χ0n) is 7.07. The number of primary sulfonamides is 1. The molecule has 1 aromatic carbocycles. The van der Waals surface area contributed by atoms with Gasteiger partial charge in [-0.1, -0.05) is 0 Å². The van der Waals surface area contributed by atoms with E-state index < -0.39 is 38.1 Å². The quantitative estimate of drug-likeness (QED) is 0.773. The monoisotopic (exact) mass is 237 g/mol. The lowest BCUT2D eigenvalue weighted by Gasteiger charge is -2.02. The summed E-state index contributed by atoms with van der Waals surface area (Å²) in [7, 11) is -4.41. The minimum atomic E-state index is -4.41. The number of nitrogens with two attached hydrogens (primary N) is 1. The summed E-state index contributed by atoms with van der Waals surface area (Å²) in [4.78, 5) is 9.27. The Morgan fingerprint density at radius 1 is 1.27 bits per heavy atom. The van der Waals surface area contributed by atoms with Gasteiger partial charge < -0.3 is 5.11 Å². The standard InChI is InChI=1S/C7H5F2NO4S/c8-4-2-6(15(10,13)14)5(9)1-3(4)7(11)12/h1-2H,(H,11,12)(H2,10,13,14). The molecule has 0 bridgehead atoms. The summed E-state index contributed by atoms with van der Waals surface area (Å²) in [5, 5.41) is 13.0. The van der Waals surface area contributed by atoms with Crippen LogP contribution in [0.2, 0.25) is 0 Å². The first-order chi connectivity index (χ1) is 6.73. The fraction of sp³-hybridized carbons (Fsp3) is 0. The number of carboxylic acids is 1. The van der Waals surface area contributed by atoms with E-state index in [-0.39, 0.29) is 12.1 Å². The number of rotatable bonds is 2. The lowest BCUT2D eigenvalue weighted by atomic mass is 10.2. The maximum Gasteiger partial charge on any atom is 0.338 e. The second-order valence-electron chi connectivity index (χ2n) is 2.61. The number of hydrogen-bond acceptors (Lipinski definition) is 3. The third-order valence-corrected chi connectivity index (χ3v) is 2.48. The van der Waals surface area contributed by atoms with Crippen LogP contribution in [0.5, 0.6) is 0 Å². The van der Waals surface area contributed by atoms with Gasteiger partial charge in [-0.05, 0) is 12.1 Å². The number of benzene rings is 1. The third-order valence-electron chi connectivity index (χ3n) is 1.56. The smallest absolute Gasteiger partial charge is 0.338 e. The summed E-state index contributed by atoms with van der Waals surface area (Å²) in [6.45, 7) is 0. The maximum atomic E-state index is 13.0. The van der Waals surface area contributed by atoms with E-state index in [2.05, 4.69) is 5.14 Å². The van der Waals surface area contributed by atoms with Gasteiger partial charge in [0.05, 0.1) is 5.56 Å². The first kappa shape index (κ1) is 11.5. The third kappa shape index (κ3) is 2.28. The van der Waals surface area contributed by atoms with Crippen molar-refractivity contribution in [2.24, 2.45) is 5.14 Å². The van der Waals surface area contributed by atoms with Crippen LogP contribution >= 0.6 is 0 Å². The molecule has 0 saturated carbocycles. The van der Waals surface area contributed by atoms with Crippen molar-refractivity contribution in [2.75, 3.05) is 0 Å². The number of sulfonamides is 1. The summed E-state index contributed by atoms with van der Waals surface area (Å²) in [5.41, 5.74) is -0.958. The molecule has 0 saturated heterocycles. The topological polar surface area (TPSA) is 97.5 Å². The van der Waals surface area contributed by atoms with E-state index in [4.69, 9.17) is 5.11 Å². The SMILES string of the molecule is NS(=O)(=O)c1cc(F)c(C(=O)O)cc1F. The Hall–Kier alpha value is -1.54. The molecular formula is C7H5F2NO4S. The minimum Gasteiger partial charge on any atom is -0.478 e. The van der Waals surface area contributed by atoms with Gasteiger partial charge in [0.25, 0.3) is 0 Å². The molecule has 8 heteroatoms. The Morgan fingerprint density at radius 3 is 2.20 bits per heavy atom. The van der Waals surface area contributed by atoms with Gasteiger partial charge in [0.1, 0.15) is 16.5 Å². The van der Waals surface area contributed by atoms with Crippen molar-refractivity contribution >= 4 is 16.0 Å². The van der Waals surface area contributed by atoms with Crippen LogP contribution in [0.25, 0.3) is 0 Å². The summed E-state index contributed by atoms with van der Waals surface area (Å²) in [6, 6.07) is 0.492. The summed E-state index contributed by atoms with van der Waals surface area (Å²) in [5.74, 6) is -4.48. The highest BCUT2D eigenvalue weighted by Gasteiger charge is 2.20. The molecule has 1 rings (SSSR count). The van der Waals surface area contributed by atoms with Crippen molar-refractivity contribution in [1.29, 1.82) is 0 Å². The Balaban J connectivity index is 3.52. The molecule has 0 aliphatic carbocycles. The van der Waals surface area contributed by atoms with E-state index in [1.54, 1.807) is 0 Å². The minimum absolute atomic E-state index is 0.230. The molecule has 1 aromatic rings. The molecule has 0 aliphatic rings. The highest BCUT2D eigenvalue weighted by Crippen LogP contribution is 2.18. The Bertz CT molecular complexity index is 526. The van der Waals surface area contributed by atoms with Crippen molar-refractivity contribution in [2.45, 2.75) is 4.90 Å². The molecule has 0 radical (unpaired) electrons. The Morgan fingerprint density at radius 2 is 1.80 bits per heavy atom. The summed E-state index contributed by atoms with van der Waals surface area (Å²) >= 11 is 0. The molecule has 82 valence electrons. The molecule has 0 aromatic heterocycles. The molecule has 0 fully saturated rings. The molecule has 5 nitrogen and oxygen atoms in total. The molecular weight excluding hydrogens is 232 g/mol. The van der Waals surface area contributed by atoms with Gasteiger partial charge in [-0.15, -0.1) is 0 Å². The predicted octanol–water partition coefficient (Wildman–Crippen LogP) is 0.310. The Kier molecular flexibility index (Phi) is 2.73. The van der Waals surface area contributed by atoms with Crippen molar-refractivity contribution in [3.8, 4) is 0 Å². The van der Waals surface area contributed by atoms with Crippen molar-refractivity contribution in [3.63, 3.8) is 0 Å². The highest BCUT2D eigenvalue weighted by molar-refractivity contribution is 7.89. The van der Waals surface area contributed by atoms with Gasteiger partial charge in [-0.2, -0.15) is 0 Å². The van der Waals surface area contributed by atoms with Crippen LogP contribution in [0, 0.1) is 11.6 Å². The van der Waals surface area contributed by atoms with Gasteiger partial charge in [-0.3, -0.25) is 0 Å². The average Bonchev–Trinajstić information content (AvgIpc) is 2.06. The summed E-state index contributed by atoms with van der Waals surface area (Å²) in [6.07, 6.45) is 0. The number of carbonyl (C=O) groups is 1. The largest absolute Gasteiger partial charge is 0.478 e. The fourth-order valence-corrected chi connectivity index (χ4v) is 1.51. The molecule has 0 heterocycles. The second-order valence-corrected chi connectivity index (χ2v) is 4.14. The van der Waals surface area contributed by atoms with Crippen molar-refractivity contribution in [3.05, 3.63) is 29.3 Å². The van der Waals surface area contributed by atoms with Crippen LogP contribution in [0.3, 0.4) is 0 Å². The van der Waals surface area contributed by atoms with Gasteiger partial charge >= 0.3 is 5.97 Å². The van der Waals surface area contributed by atoms with E-state index in [0.29, 0.717) is 0 Å². The van der Waals surface area contributed by atoms with Crippen molar-refractivity contribution < 1.29 is 27.1 Å².